The van der Waals surface area contributed by atoms with Crippen molar-refractivity contribution < 1.29 is 19.1 Å². The molecule has 20 heavy (non-hydrogen) atoms. The summed E-state index contributed by atoms with van der Waals surface area (Å²) in [7, 11) is 0. The summed E-state index contributed by atoms with van der Waals surface area (Å²) >= 11 is 0. The van der Waals surface area contributed by atoms with E-state index in [0.29, 0.717) is 35.9 Å². The number of ether oxygens (including phenoxy) is 2. The summed E-state index contributed by atoms with van der Waals surface area (Å²) < 4.78 is 11.4. The quantitative estimate of drug-likeness (QED) is 0.505. The Balaban J connectivity index is 2.76. The highest BCUT2D eigenvalue weighted by atomic mass is 16.6. The van der Waals surface area contributed by atoms with Crippen molar-refractivity contribution in [3.8, 4) is 0 Å². The lowest BCUT2D eigenvalue weighted by molar-refractivity contribution is -0.134. The van der Waals surface area contributed by atoms with Crippen molar-refractivity contribution in [3.63, 3.8) is 0 Å². The highest BCUT2D eigenvalue weighted by molar-refractivity contribution is 6.50. The van der Waals surface area contributed by atoms with Gasteiger partial charge in [0.25, 0.3) is 0 Å². The topological polar surface area (TPSA) is 52.6 Å². The van der Waals surface area contributed by atoms with E-state index in [1.54, 1.807) is 0 Å². The number of carbonyl (C=O) groups excluding carboxylic acids is 2. The van der Waals surface area contributed by atoms with E-state index in [-0.39, 0.29) is 0 Å². The molecular formula is C16H22O4. The number of fused-ring (bicyclic) bond motifs is 1. The molecule has 0 aromatic carbocycles. The van der Waals surface area contributed by atoms with Crippen LogP contribution in [0.15, 0.2) is 22.7 Å². The third-order valence-electron chi connectivity index (χ3n) is 3.40. The molecule has 0 radical (unpaired) electrons. The molecule has 0 aromatic rings. The molecule has 0 atom stereocenters. The van der Waals surface area contributed by atoms with E-state index in [1.165, 1.54) is 0 Å². The Hall–Kier alpha value is -1.58. The predicted molar refractivity (Wildman–Crippen MR) is 74.9 cm³/mol. The van der Waals surface area contributed by atoms with E-state index in [0.717, 1.165) is 0 Å². The van der Waals surface area contributed by atoms with Crippen LogP contribution >= 0.6 is 0 Å². The maximum absolute atomic E-state index is 12.5. The fourth-order valence-electron chi connectivity index (χ4n) is 2.59. The lowest BCUT2D eigenvalue weighted by atomic mass is 9.72. The van der Waals surface area contributed by atoms with Crippen LogP contribution in [0.1, 0.15) is 41.5 Å². The average Bonchev–Trinajstić information content (AvgIpc) is 2.27. The van der Waals surface area contributed by atoms with Gasteiger partial charge in [0, 0.05) is 0 Å². The van der Waals surface area contributed by atoms with Crippen molar-refractivity contribution in [2.45, 2.75) is 41.5 Å². The van der Waals surface area contributed by atoms with Crippen molar-refractivity contribution in [2.24, 2.45) is 10.8 Å². The molecule has 1 saturated heterocycles. The number of carbonyl (C=O) groups is 2. The number of hydrogen-bond donors (Lipinski definition) is 0. The van der Waals surface area contributed by atoms with Crippen LogP contribution in [0.5, 0.6) is 0 Å². The first kappa shape index (κ1) is 14.8. The Bertz CT molecular complexity index is 486. The van der Waals surface area contributed by atoms with Gasteiger partial charge >= 0.3 is 0 Å². The molecular weight excluding hydrogens is 256 g/mol. The van der Waals surface area contributed by atoms with E-state index in [9.17, 15) is 9.59 Å². The van der Waals surface area contributed by atoms with Gasteiger partial charge in [0.2, 0.25) is 11.6 Å². The minimum absolute atomic E-state index is 0.400. The number of allylic oxidation sites excluding steroid dienone is 2. The maximum Gasteiger partial charge on any atom is 0.233 e. The molecule has 0 spiro atoms. The first-order valence-electron chi connectivity index (χ1n) is 6.89. The third-order valence-corrected chi connectivity index (χ3v) is 3.40. The molecule has 0 unspecified atom stereocenters. The summed E-state index contributed by atoms with van der Waals surface area (Å²) in [4.78, 5) is 25.0. The smallest absolute Gasteiger partial charge is 0.233 e. The molecule has 0 amide bonds. The number of Topliss-reactive ketones (excluding diaryl/α,β-unsaturated/α-hetero) is 2. The van der Waals surface area contributed by atoms with Crippen LogP contribution in [0, 0.1) is 10.8 Å². The Morgan fingerprint density at radius 3 is 1.25 bits per heavy atom. The zero-order chi connectivity index (χ0) is 15.3. The summed E-state index contributed by atoms with van der Waals surface area (Å²) in [6, 6.07) is 0. The molecule has 0 aromatic heterocycles. The maximum atomic E-state index is 12.5. The molecule has 2 rings (SSSR count). The second kappa shape index (κ2) is 4.47. The highest BCUT2D eigenvalue weighted by Gasteiger charge is 2.46. The van der Waals surface area contributed by atoms with Crippen LogP contribution in [0.3, 0.4) is 0 Å². The average molecular weight is 278 g/mol. The van der Waals surface area contributed by atoms with Crippen LogP contribution in [-0.4, -0.2) is 24.8 Å². The molecule has 1 heterocycles. The van der Waals surface area contributed by atoms with Crippen molar-refractivity contribution in [1.29, 1.82) is 0 Å². The fourth-order valence-corrected chi connectivity index (χ4v) is 2.59. The summed E-state index contributed by atoms with van der Waals surface area (Å²) in [5.41, 5.74) is -0.0788. The molecule has 110 valence electrons. The highest BCUT2D eigenvalue weighted by Crippen LogP contribution is 2.43. The Kier molecular flexibility index (Phi) is 3.31. The van der Waals surface area contributed by atoms with E-state index >= 15 is 0 Å². The normalized spacial score (nSPS) is 20.7. The Morgan fingerprint density at radius 1 is 0.700 bits per heavy atom. The lowest BCUT2D eigenvalue weighted by Crippen LogP contribution is -2.39. The predicted octanol–water partition coefficient (Wildman–Crippen LogP) is 2.79. The van der Waals surface area contributed by atoms with Crippen molar-refractivity contribution in [2.75, 3.05) is 13.2 Å². The van der Waals surface area contributed by atoms with Gasteiger partial charge in [-0.05, 0) is 10.8 Å². The molecule has 1 fully saturated rings. The monoisotopic (exact) mass is 278 g/mol. The van der Waals surface area contributed by atoms with Gasteiger partial charge in [0.05, 0.1) is 11.1 Å². The Morgan fingerprint density at radius 2 is 1.00 bits per heavy atom. The van der Waals surface area contributed by atoms with Gasteiger partial charge < -0.3 is 9.47 Å². The third kappa shape index (κ3) is 2.28. The summed E-state index contributed by atoms with van der Waals surface area (Å²) in [6.45, 7) is 12.2. The van der Waals surface area contributed by atoms with Crippen LogP contribution < -0.4 is 0 Å². The number of hydrogen-bond acceptors (Lipinski definition) is 4. The SMILES string of the molecule is CC(C)(C)C1=C2OCCOC2=C(C(C)(C)C)C(=O)C1=O. The van der Waals surface area contributed by atoms with Crippen LogP contribution in [0.25, 0.3) is 0 Å². The second-order valence-corrected chi connectivity index (χ2v) is 7.26. The summed E-state index contributed by atoms with van der Waals surface area (Å²) in [6.07, 6.45) is 0. The standard InChI is InChI=1S/C16H22O4/c1-15(2,3)9-11(17)12(18)10(16(4,5)6)14-13(9)19-7-8-20-14/h7-8H2,1-6H3. The van der Waals surface area contributed by atoms with Crippen LogP contribution in [-0.2, 0) is 19.1 Å². The van der Waals surface area contributed by atoms with Gasteiger partial charge in [0.15, 0.2) is 11.5 Å². The summed E-state index contributed by atoms with van der Waals surface area (Å²) in [5.74, 6) is -0.0186. The van der Waals surface area contributed by atoms with E-state index < -0.39 is 22.4 Å². The molecule has 4 heteroatoms. The van der Waals surface area contributed by atoms with Gasteiger partial charge in [-0.3, -0.25) is 9.59 Å². The van der Waals surface area contributed by atoms with E-state index in [1.807, 2.05) is 41.5 Å². The minimum atomic E-state index is -0.466. The number of ketones is 2. The molecule has 1 aliphatic carbocycles. The van der Waals surface area contributed by atoms with Crippen LogP contribution in [0.4, 0.5) is 0 Å². The molecule has 0 N–H and O–H groups in total. The second-order valence-electron chi connectivity index (χ2n) is 7.26. The molecule has 0 bridgehead atoms. The number of rotatable bonds is 0. The first-order valence-corrected chi connectivity index (χ1v) is 6.89. The minimum Gasteiger partial charge on any atom is -0.486 e. The largest absolute Gasteiger partial charge is 0.486 e. The van der Waals surface area contributed by atoms with Gasteiger partial charge in [-0.1, -0.05) is 41.5 Å². The van der Waals surface area contributed by atoms with Crippen LogP contribution in [0.2, 0.25) is 0 Å². The summed E-state index contributed by atoms with van der Waals surface area (Å²) in [5, 5.41) is 0. The molecule has 4 nitrogen and oxygen atoms in total. The molecule has 2 aliphatic rings. The van der Waals surface area contributed by atoms with Gasteiger partial charge in [-0.2, -0.15) is 0 Å². The van der Waals surface area contributed by atoms with Gasteiger partial charge in [0.1, 0.15) is 13.2 Å². The van der Waals surface area contributed by atoms with Crippen molar-refractivity contribution in [1.82, 2.24) is 0 Å². The Labute approximate surface area is 119 Å². The van der Waals surface area contributed by atoms with Gasteiger partial charge in [-0.25, -0.2) is 0 Å². The molecule has 1 aliphatic heterocycles. The zero-order valence-electron chi connectivity index (χ0n) is 13.0. The first-order chi connectivity index (χ1) is 9.05. The lowest BCUT2D eigenvalue weighted by Gasteiger charge is -2.36. The fraction of sp³-hybridized carbons (Fsp3) is 0.625. The van der Waals surface area contributed by atoms with E-state index in [2.05, 4.69) is 0 Å². The van der Waals surface area contributed by atoms with Gasteiger partial charge in [-0.15, -0.1) is 0 Å². The van der Waals surface area contributed by atoms with Crippen molar-refractivity contribution in [3.05, 3.63) is 22.7 Å². The van der Waals surface area contributed by atoms with Crippen molar-refractivity contribution >= 4 is 11.6 Å². The molecule has 0 saturated carbocycles. The zero-order valence-corrected chi connectivity index (χ0v) is 13.0. The van der Waals surface area contributed by atoms with E-state index in [4.69, 9.17) is 9.47 Å².